The molecule has 1 aromatic rings. The number of nitrogens with zero attached hydrogens (tertiary/aromatic N) is 1. The first-order valence-electron chi connectivity index (χ1n) is 8.83. The van der Waals surface area contributed by atoms with Gasteiger partial charge in [0.25, 0.3) is 0 Å². The van der Waals surface area contributed by atoms with Gasteiger partial charge in [0.05, 0.1) is 19.7 Å². The van der Waals surface area contributed by atoms with E-state index in [9.17, 15) is 24.8 Å². The molecule has 0 aromatic heterocycles. The van der Waals surface area contributed by atoms with Gasteiger partial charge in [0.15, 0.2) is 0 Å². The Hall–Kier alpha value is -2.30. The van der Waals surface area contributed by atoms with Crippen molar-refractivity contribution in [1.82, 2.24) is 4.90 Å². The van der Waals surface area contributed by atoms with Crippen LogP contribution in [-0.4, -0.2) is 70.5 Å². The van der Waals surface area contributed by atoms with E-state index >= 15 is 0 Å². The number of hydrogen-bond donors (Lipinski definition) is 4. The van der Waals surface area contributed by atoms with Gasteiger partial charge in [0.2, 0.25) is 5.91 Å². The molecule has 9 nitrogen and oxygen atoms in total. The SMILES string of the molecule is C[C@](N)(CO)C(=O)N1CC(Oc2ccc3c(c2C(=O)O)OB(O)[C@H]2C[C@@H]32)C1. The standard InChI is InChI=1S/C17H21BN2O7/c1-17(19,7-21)16(24)20-5-8(6-20)26-12-3-2-9-10-4-11(10)18(25)27-14(9)13(12)15(22)23/h2-3,8,10-11,21,25H,4-7,19H2,1H3,(H,22,23)/t10-,11-,17-/m0/s1. The highest BCUT2D eigenvalue weighted by atomic mass is 16.5. The molecule has 10 heteroatoms. The number of aliphatic hydroxyl groups excluding tert-OH is 1. The molecule has 4 rings (SSSR count). The lowest BCUT2D eigenvalue weighted by molar-refractivity contribution is -0.146. The maximum absolute atomic E-state index is 12.2. The molecule has 0 spiro atoms. The largest absolute Gasteiger partial charge is 0.535 e. The fourth-order valence-corrected chi connectivity index (χ4v) is 3.68. The lowest BCUT2D eigenvalue weighted by atomic mass is 9.77. The van der Waals surface area contributed by atoms with E-state index < -0.39 is 25.2 Å². The van der Waals surface area contributed by atoms with E-state index in [1.165, 1.54) is 11.8 Å². The second-order valence-corrected chi connectivity index (χ2v) is 7.70. The van der Waals surface area contributed by atoms with E-state index in [0.29, 0.717) is 0 Å². The Morgan fingerprint density at radius 2 is 2.15 bits per heavy atom. The van der Waals surface area contributed by atoms with Gasteiger partial charge < -0.3 is 35.3 Å². The van der Waals surface area contributed by atoms with Crippen LogP contribution in [0.15, 0.2) is 12.1 Å². The number of carbonyl (C=O) groups is 2. The average Bonchev–Trinajstić information content (AvgIpc) is 3.38. The van der Waals surface area contributed by atoms with Gasteiger partial charge in [-0.1, -0.05) is 6.07 Å². The van der Waals surface area contributed by atoms with Crippen LogP contribution in [0.4, 0.5) is 0 Å². The molecule has 0 bridgehead atoms. The van der Waals surface area contributed by atoms with Gasteiger partial charge in [-0.3, -0.25) is 4.79 Å². The van der Waals surface area contributed by atoms with Gasteiger partial charge in [-0.25, -0.2) is 4.79 Å². The number of ether oxygens (including phenoxy) is 1. The van der Waals surface area contributed by atoms with E-state index in [1.807, 2.05) is 0 Å². The van der Waals surface area contributed by atoms with Crippen molar-refractivity contribution in [2.45, 2.75) is 36.7 Å². The lowest BCUT2D eigenvalue weighted by Gasteiger charge is -2.42. The molecule has 3 atom stereocenters. The summed E-state index contributed by atoms with van der Waals surface area (Å²) in [5.41, 5.74) is 5.05. The van der Waals surface area contributed by atoms with E-state index in [-0.39, 0.29) is 53.9 Å². The first kappa shape index (κ1) is 18.1. The summed E-state index contributed by atoms with van der Waals surface area (Å²) in [7, 11) is -1.01. The van der Waals surface area contributed by atoms with Gasteiger partial charge in [0, 0.05) is 5.82 Å². The third-order valence-electron chi connectivity index (χ3n) is 5.45. The summed E-state index contributed by atoms with van der Waals surface area (Å²) in [4.78, 5) is 25.4. The maximum atomic E-state index is 12.2. The number of aromatic carboxylic acids is 1. The molecule has 2 aliphatic heterocycles. The van der Waals surface area contributed by atoms with Crippen molar-refractivity contribution in [1.29, 1.82) is 0 Å². The molecule has 2 fully saturated rings. The highest BCUT2D eigenvalue weighted by Gasteiger charge is 2.54. The monoisotopic (exact) mass is 376 g/mol. The number of likely N-dealkylation sites (tertiary alicyclic amines) is 1. The quantitative estimate of drug-likeness (QED) is 0.500. The number of rotatable bonds is 5. The summed E-state index contributed by atoms with van der Waals surface area (Å²) in [6.45, 7) is 1.47. The fourth-order valence-electron chi connectivity index (χ4n) is 3.68. The summed E-state index contributed by atoms with van der Waals surface area (Å²) in [5, 5.41) is 28.8. The molecule has 27 heavy (non-hydrogen) atoms. The number of benzene rings is 1. The van der Waals surface area contributed by atoms with E-state index in [2.05, 4.69) is 0 Å². The van der Waals surface area contributed by atoms with E-state index in [4.69, 9.17) is 15.1 Å². The van der Waals surface area contributed by atoms with Crippen LogP contribution in [0.2, 0.25) is 5.82 Å². The van der Waals surface area contributed by atoms with Crippen molar-refractivity contribution in [3.63, 3.8) is 0 Å². The summed E-state index contributed by atoms with van der Waals surface area (Å²) in [5.74, 6) is -1.14. The van der Waals surface area contributed by atoms with E-state index in [0.717, 1.165) is 12.0 Å². The fraction of sp³-hybridized carbons (Fsp3) is 0.529. The third-order valence-corrected chi connectivity index (χ3v) is 5.45. The Kier molecular flexibility index (Phi) is 4.10. The predicted octanol–water partition coefficient (Wildman–Crippen LogP) is -0.585. The zero-order valence-corrected chi connectivity index (χ0v) is 14.8. The lowest BCUT2D eigenvalue weighted by Crippen LogP contribution is -2.64. The molecule has 1 saturated heterocycles. The highest BCUT2D eigenvalue weighted by Crippen LogP contribution is 2.60. The topological polar surface area (TPSA) is 143 Å². The zero-order chi connectivity index (χ0) is 19.5. The maximum Gasteiger partial charge on any atom is 0.526 e. The van der Waals surface area contributed by atoms with Crippen LogP contribution in [0.1, 0.15) is 35.2 Å². The first-order valence-corrected chi connectivity index (χ1v) is 8.83. The van der Waals surface area contributed by atoms with Crippen LogP contribution in [0.5, 0.6) is 11.5 Å². The molecule has 1 amide bonds. The molecule has 0 radical (unpaired) electrons. The Labute approximate surface area is 155 Å². The number of aliphatic hydroxyl groups is 1. The molecule has 144 valence electrons. The van der Waals surface area contributed by atoms with Crippen LogP contribution >= 0.6 is 0 Å². The van der Waals surface area contributed by atoms with Crippen LogP contribution in [0.3, 0.4) is 0 Å². The van der Waals surface area contributed by atoms with Crippen LogP contribution in [0, 0.1) is 0 Å². The smallest absolute Gasteiger partial charge is 0.526 e. The summed E-state index contributed by atoms with van der Waals surface area (Å²) in [6, 6.07) is 3.38. The number of carbonyl (C=O) groups excluding carboxylic acids is 1. The van der Waals surface area contributed by atoms with Crippen molar-refractivity contribution >= 4 is 19.0 Å². The van der Waals surface area contributed by atoms with Gasteiger partial charge >= 0.3 is 13.1 Å². The van der Waals surface area contributed by atoms with Crippen molar-refractivity contribution < 1.29 is 34.2 Å². The second-order valence-electron chi connectivity index (χ2n) is 7.70. The Morgan fingerprint density at radius 1 is 1.44 bits per heavy atom. The average molecular weight is 376 g/mol. The van der Waals surface area contributed by atoms with Crippen LogP contribution in [0.25, 0.3) is 0 Å². The van der Waals surface area contributed by atoms with Crippen molar-refractivity contribution in [3.8, 4) is 11.5 Å². The predicted molar refractivity (Wildman–Crippen MR) is 93.8 cm³/mol. The van der Waals surface area contributed by atoms with E-state index in [1.54, 1.807) is 12.1 Å². The number of hydrogen-bond acceptors (Lipinski definition) is 7. The highest BCUT2D eigenvalue weighted by molar-refractivity contribution is 6.48. The normalized spacial score (nSPS) is 25.5. The summed E-state index contributed by atoms with van der Waals surface area (Å²) >= 11 is 0. The number of carboxylic acid groups (broad SMARTS) is 1. The zero-order valence-electron chi connectivity index (χ0n) is 14.8. The summed E-state index contributed by atoms with van der Waals surface area (Å²) < 4.78 is 11.2. The number of amides is 1. The van der Waals surface area contributed by atoms with Gasteiger partial charge in [-0.15, -0.1) is 0 Å². The second kappa shape index (κ2) is 6.11. The van der Waals surface area contributed by atoms with Crippen molar-refractivity contribution in [3.05, 3.63) is 23.3 Å². The number of nitrogens with two attached hydrogens (primary N) is 1. The van der Waals surface area contributed by atoms with Gasteiger partial charge in [-0.05, 0) is 30.9 Å². The van der Waals surface area contributed by atoms with Gasteiger partial charge in [0.1, 0.15) is 28.7 Å². The molecule has 1 aromatic carbocycles. The molecule has 0 unspecified atom stereocenters. The minimum Gasteiger partial charge on any atom is -0.535 e. The minimum atomic E-state index is -1.35. The van der Waals surface area contributed by atoms with Crippen molar-refractivity contribution in [2.75, 3.05) is 19.7 Å². The Balaban J connectivity index is 1.50. The van der Waals surface area contributed by atoms with Crippen LogP contribution in [-0.2, 0) is 4.79 Å². The van der Waals surface area contributed by atoms with Crippen LogP contribution < -0.4 is 15.1 Å². The molecular formula is C17H21BN2O7. The Morgan fingerprint density at radius 3 is 2.78 bits per heavy atom. The molecule has 2 heterocycles. The molecular weight excluding hydrogens is 355 g/mol. The minimum absolute atomic E-state index is 0.0224. The number of carboxylic acids is 1. The first-order chi connectivity index (χ1) is 12.7. The molecule has 5 N–H and O–H groups in total. The van der Waals surface area contributed by atoms with Gasteiger partial charge in [-0.2, -0.15) is 0 Å². The molecule has 3 aliphatic rings. The summed E-state index contributed by atoms with van der Waals surface area (Å²) in [6.07, 6.45) is 0.386. The molecule has 1 saturated carbocycles. The molecule has 1 aliphatic carbocycles. The number of fused-ring (bicyclic) bond motifs is 3. The Bertz CT molecular complexity index is 809. The van der Waals surface area contributed by atoms with Crippen molar-refractivity contribution in [2.24, 2.45) is 5.73 Å². The third kappa shape index (κ3) is 2.93.